The summed E-state index contributed by atoms with van der Waals surface area (Å²) in [6, 6.07) is 0. The second-order valence-electron chi connectivity index (χ2n) is 2.61. The van der Waals surface area contributed by atoms with Gasteiger partial charge in [-0.2, -0.15) is 43.9 Å². The molecular weight excluding hydrogens is 320 g/mol. The molecule has 0 amide bonds. The molecule has 0 aliphatic carbocycles. The predicted molar refractivity (Wildman–Crippen MR) is 35.5 cm³/mol. The average Bonchev–Trinajstić information content (AvgIpc) is 1.98. The smallest absolute Gasteiger partial charge is 0.293 e. The van der Waals surface area contributed by atoms with E-state index in [1.165, 1.54) is 0 Å². The van der Waals surface area contributed by atoms with Crippen molar-refractivity contribution in [3.8, 4) is 0 Å². The second kappa shape index (κ2) is 3.91. The molecule has 0 N–H and O–H groups in total. The van der Waals surface area contributed by atoms with Crippen LogP contribution in [0.3, 0.4) is 0 Å². The van der Waals surface area contributed by atoms with Gasteiger partial charge in [0, 0.05) is 0 Å². The molecule has 0 aliphatic rings. The number of alkyl halides is 10. The standard InChI is InChI=1S/C4ClF10OP/c5-17(16,3(12,13)1(6,7)8)4(14,15)2(9,10)11. The van der Waals surface area contributed by atoms with E-state index in [0.717, 1.165) is 0 Å². The molecule has 1 nitrogen and oxygen atoms in total. The van der Waals surface area contributed by atoms with Crippen molar-refractivity contribution in [1.29, 1.82) is 0 Å². The third kappa shape index (κ3) is 2.35. The highest BCUT2D eigenvalue weighted by Crippen LogP contribution is 2.80. The second-order valence-corrected chi connectivity index (χ2v) is 6.23. The van der Waals surface area contributed by atoms with Crippen molar-refractivity contribution < 1.29 is 48.5 Å². The Kier molecular flexibility index (Phi) is 3.87. The topological polar surface area (TPSA) is 17.1 Å². The van der Waals surface area contributed by atoms with Crippen LogP contribution in [0, 0.1) is 0 Å². The van der Waals surface area contributed by atoms with Gasteiger partial charge >= 0.3 is 30.2 Å². The minimum absolute atomic E-state index is 3.70. The fraction of sp³-hybridized carbons (Fsp3) is 1.00. The third-order valence-electron chi connectivity index (χ3n) is 1.40. The summed E-state index contributed by atoms with van der Waals surface area (Å²) in [7, 11) is 0. The summed E-state index contributed by atoms with van der Waals surface area (Å²) < 4.78 is 129. The van der Waals surface area contributed by atoms with Crippen LogP contribution >= 0.6 is 17.7 Å². The first-order valence-electron chi connectivity index (χ1n) is 3.19. The fourth-order valence-corrected chi connectivity index (χ4v) is 2.08. The molecule has 0 saturated heterocycles. The van der Waals surface area contributed by atoms with Crippen LogP contribution in [0.4, 0.5) is 43.9 Å². The minimum Gasteiger partial charge on any atom is -0.293 e. The molecule has 104 valence electrons. The molecule has 0 rings (SSSR count). The maximum absolute atomic E-state index is 12.2. The fourth-order valence-electron chi connectivity index (χ4n) is 0.502. The molecule has 13 heteroatoms. The van der Waals surface area contributed by atoms with Crippen molar-refractivity contribution in [3.63, 3.8) is 0 Å². The normalized spacial score (nSPS) is 16.2. The average molecular weight is 320 g/mol. The van der Waals surface area contributed by atoms with Crippen molar-refractivity contribution in [1.82, 2.24) is 0 Å². The van der Waals surface area contributed by atoms with Gasteiger partial charge < -0.3 is 0 Å². The van der Waals surface area contributed by atoms with Gasteiger partial charge in [-0.3, -0.25) is 4.57 Å². The summed E-state index contributed by atoms with van der Waals surface area (Å²) in [6.07, 6.45) is -13.8. The number of hydrogen-bond donors (Lipinski definition) is 0. The zero-order chi connectivity index (χ0) is 14.5. The highest BCUT2D eigenvalue weighted by molar-refractivity contribution is 7.91. The van der Waals surface area contributed by atoms with Gasteiger partial charge in [-0.25, -0.2) is 0 Å². The van der Waals surface area contributed by atoms with Crippen molar-refractivity contribution >= 4 is 17.7 Å². The summed E-state index contributed by atoms with van der Waals surface area (Å²) in [5.41, 5.74) is -13.7. The van der Waals surface area contributed by atoms with Gasteiger partial charge in [-0.05, 0) is 11.2 Å². The van der Waals surface area contributed by atoms with E-state index in [2.05, 4.69) is 11.2 Å². The van der Waals surface area contributed by atoms with Gasteiger partial charge in [-0.15, -0.1) is 0 Å². The van der Waals surface area contributed by atoms with Crippen LogP contribution in [-0.4, -0.2) is 23.7 Å². The molecule has 0 aromatic heterocycles. The summed E-state index contributed by atoms with van der Waals surface area (Å²) in [4.78, 5) is 0. The lowest BCUT2D eigenvalue weighted by Crippen LogP contribution is -2.45. The lowest BCUT2D eigenvalue weighted by Gasteiger charge is -2.30. The molecule has 0 radical (unpaired) electrons. The van der Waals surface area contributed by atoms with Gasteiger partial charge in [0.1, 0.15) is 0 Å². The monoisotopic (exact) mass is 320 g/mol. The van der Waals surface area contributed by atoms with Crippen molar-refractivity contribution in [2.45, 2.75) is 23.7 Å². The summed E-state index contributed by atoms with van der Waals surface area (Å²) in [5, 5.41) is 0. The molecule has 0 aromatic carbocycles. The largest absolute Gasteiger partial charge is 0.462 e. The Morgan fingerprint density at radius 1 is 0.647 bits per heavy atom. The zero-order valence-electron chi connectivity index (χ0n) is 7.01. The molecule has 0 unspecified atom stereocenters. The maximum Gasteiger partial charge on any atom is 0.462 e. The van der Waals surface area contributed by atoms with Crippen LogP contribution in [0.5, 0.6) is 0 Å². The zero-order valence-corrected chi connectivity index (χ0v) is 8.66. The summed E-state index contributed by atoms with van der Waals surface area (Å²) in [6.45, 7) is -7.79. The van der Waals surface area contributed by atoms with E-state index < -0.39 is 30.2 Å². The molecular formula is C4ClF10OP. The Morgan fingerprint density at radius 2 is 0.824 bits per heavy atom. The van der Waals surface area contributed by atoms with Crippen LogP contribution in [-0.2, 0) is 4.57 Å². The van der Waals surface area contributed by atoms with Gasteiger partial charge in [0.15, 0.2) is 0 Å². The lowest BCUT2D eigenvalue weighted by atomic mass is 10.7. The minimum atomic E-state index is -7.79. The van der Waals surface area contributed by atoms with E-state index in [1.807, 2.05) is 0 Å². The maximum atomic E-state index is 12.2. The van der Waals surface area contributed by atoms with Gasteiger partial charge in [0.2, 0.25) is 0 Å². The number of hydrogen-bond acceptors (Lipinski definition) is 1. The molecule has 17 heavy (non-hydrogen) atoms. The Balaban J connectivity index is 5.83. The van der Waals surface area contributed by atoms with E-state index in [4.69, 9.17) is 0 Å². The highest BCUT2D eigenvalue weighted by atomic mass is 35.7. The van der Waals surface area contributed by atoms with Gasteiger partial charge in [0.05, 0.1) is 0 Å². The van der Waals surface area contributed by atoms with Crippen LogP contribution in [0.25, 0.3) is 0 Å². The van der Waals surface area contributed by atoms with E-state index in [0.29, 0.717) is 0 Å². The van der Waals surface area contributed by atoms with Crippen molar-refractivity contribution in [3.05, 3.63) is 0 Å². The van der Waals surface area contributed by atoms with Gasteiger partial charge in [0.25, 0.3) is 0 Å². The van der Waals surface area contributed by atoms with E-state index in [9.17, 15) is 48.5 Å². The molecule has 0 saturated carbocycles. The van der Waals surface area contributed by atoms with Crippen LogP contribution in [0.2, 0.25) is 0 Å². The summed E-state index contributed by atoms with van der Waals surface area (Å²) >= 11 is 3.70. The molecule has 0 aliphatic heterocycles. The third-order valence-corrected chi connectivity index (χ3v) is 4.63. The first-order chi connectivity index (χ1) is 7.00. The molecule has 0 bridgehead atoms. The SMILES string of the molecule is O=P(Cl)(C(F)(F)C(F)(F)F)C(F)(F)C(F)(F)F. The van der Waals surface area contributed by atoms with E-state index in [-0.39, 0.29) is 0 Å². The number of halogens is 11. The van der Waals surface area contributed by atoms with Crippen LogP contribution < -0.4 is 0 Å². The van der Waals surface area contributed by atoms with E-state index in [1.54, 1.807) is 0 Å². The Labute approximate surface area is 90.9 Å². The molecule has 0 heterocycles. The Hall–Kier alpha value is -0.180. The van der Waals surface area contributed by atoms with E-state index >= 15 is 0 Å². The van der Waals surface area contributed by atoms with Crippen molar-refractivity contribution in [2.24, 2.45) is 0 Å². The summed E-state index contributed by atoms with van der Waals surface area (Å²) in [5.74, 6) is 0. The number of rotatable bonds is 2. The molecule has 0 atom stereocenters. The Morgan fingerprint density at radius 3 is 0.941 bits per heavy atom. The highest BCUT2D eigenvalue weighted by Gasteiger charge is 2.83. The first-order valence-corrected chi connectivity index (χ1v) is 5.80. The predicted octanol–water partition coefficient (Wildman–Crippen LogP) is 4.81. The quantitative estimate of drug-likeness (QED) is 0.527. The van der Waals surface area contributed by atoms with Crippen LogP contribution in [0.1, 0.15) is 0 Å². The van der Waals surface area contributed by atoms with Gasteiger partial charge in [-0.1, -0.05) is 0 Å². The van der Waals surface area contributed by atoms with Crippen LogP contribution in [0.15, 0.2) is 0 Å². The molecule has 0 spiro atoms. The molecule has 0 fully saturated rings. The lowest BCUT2D eigenvalue weighted by molar-refractivity contribution is -0.264. The molecule has 0 aromatic rings. The Bertz CT molecular complexity index is 311. The first kappa shape index (κ1) is 16.8. The van der Waals surface area contributed by atoms with Crippen molar-refractivity contribution in [2.75, 3.05) is 0 Å².